The Kier molecular flexibility index (Phi) is 18.4. The van der Waals surface area contributed by atoms with Gasteiger partial charge in [0.1, 0.15) is 5.82 Å². The lowest BCUT2D eigenvalue weighted by Gasteiger charge is -2.42. The molecule has 0 aliphatic rings. The van der Waals surface area contributed by atoms with Crippen molar-refractivity contribution in [2.45, 2.75) is 123 Å². The van der Waals surface area contributed by atoms with Crippen molar-refractivity contribution < 1.29 is 14.6 Å². The summed E-state index contributed by atoms with van der Waals surface area (Å²) in [4.78, 5) is 9.63. The predicted molar refractivity (Wildman–Crippen MR) is 199 cm³/mol. The highest BCUT2D eigenvalue weighted by Gasteiger charge is 2.33. The van der Waals surface area contributed by atoms with Gasteiger partial charge in [-0.05, 0) is 42.7 Å². The Hall–Kier alpha value is -1.35. The molecule has 0 heterocycles. The number of allylic oxidation sites excluding steroid dienone is 1. The van der Waals surface area contributed by atoms with E-state index in [2.05, 4.69) is 125 Å². The first kappa shape index (κ1) is 44.6. The van der Waals surface area contributed by atoms with Crippen molar-refractivity contribution >= 4 is 5.96 Å². The zero-order valence-electron chi connectivity index (χ0n) is 33.5. The molecule has 8 heteroatoms. The maximum atomic E-state index is 10.3. The third-order valence-electron chi connectivity index (χ3n) is 8.83. The first-order chi connectivity index (χ1) is 20.9. The van der Waals surface area contributed by atoms with Crippen LogP contribution in [0.1, 0.15) is 123 Å². The largest absolute Gasteiger partial charge is 0.396 e. The van der Waals surface area contributed by atoms with E-state index in [1.165, 1.54) is 0 Å². The Morgan fingerprint density at radius 3 is 1.48 bits per heavy atom. The van der Waals surface area contributed by atoms with Gasteiger partial charge in [-0.1, -0.05) is 104 Å². The lowest BCUT2D eigenvalue weighted by atomic mass is 9.87. The van der Waals surface area contributed by atoms with Crippen molar-refractivity contribution in [3.05, 3.63) is 11.9 Å². The van der Waals surface area contributed by atoms with Crippen LogP contribution >= 0.6 is 0 Å². The van der Waals surface area contributed by atoms with E-state index in [4.69, 9.17) is 20.2 Å². The molecule has 0 fully saturated rings. The normalized spacial score (nSPS) is 14.6. The van der Waals surface area contributed by atoms with E-state index >= 15 is 0 Å². The number of rotatable bonds is 23. The molecule has 0 spiro atoms. The van der Waals surface area contributed by atoms with Gasteiger partial charge in [0, 0.05) is 61.5 Å². The first-order valence-electron chi connectivity index (χ1n) is 17.8. The number of nitrogens with zero attached hydrogens (tertiary/aromatic N) is 3. The van der Waals surface area contributed by atoms with Gasteiger partial charge in [-0.15, -0.1) is 0 Å². The van der Waals surface area contributed by atoms with Crippen LogP contribution in [-0.4, -0.2) is 93.7 Å². The highest BCUT2D eigenvalue weighted by atomic mass is 16.5. The maximum Gasteiger partial charge on any atom is 0.199 e. The van der Waals surface area contributed by atoms with Crippen LogP contribution in [0.5, 0.6) is 0 Å². The van der Waals surface area contributed by atoms with Gasteiger partial charge in [-0.2, -0.15) is 0 Å². The van der Waals surface area contributed by atoms with Crippen molar-refractivity contribution in [3.63, 3.8) is 0 Å². The summed E-state index contributed by atoms with van der Waals surface area (Å²) in [5.41, 5.74) is 5.63. The molecule has 0 aliphatic heterocycles. The SMILES string of the molecule is CC/C=C(/NC(=NC)N(CC(C)(C)CO)CC(C)(C)COCC(C)(C)CN)N(CC(C)(C)CC)CC(C)(C)COCC(C)(C)CC. The van der Waals surface area contributed by atoms with E-state index in [9.17, 15) is 5.11 Å². The first-order valence-corrected chi connectivity index (χ1v) is 17.8. The molecular formula is C38H79N5O3. The van der Waals surface area contributed by atoms with Gasteiger partial charge in [0.15, 0.2) is 5.96 Å². The zero-order chi connectivity index (χ0) is 36.0. The molecule has 4 N–H and O–H groups in total. The summed E-state index contributed by atoms with van der Waals surface area (Å²) >= 11 is 0. The summed E-state index contributed by atoms with van der Waals surface area (Å²) in [5.74, 6) is 1.87. The van der Waals surface area contributed by atoms with Crippen LogP contribution in [0.4, 0.5) is 0 Å². The highest BCUT2D eigenvalue weighted by Crippen LogP contribution is 2.29. The van der Waals surface area contributed by atoms with Gasteiger partial charge in [0.25, 0.3) is 0 Å². The Balaban J connectivity index is 6.40. The molecule has 0 bridgehead atoms. The Morgan fingerprint density at radius 1 is 0.652 bits per heavy atom. The molecule has 0 aromatic heterocycles. The fraction of sp³-hybridized carbons (Fsp3) is 0.921. The number of guanidine groups is 1. The van der Waals surface area contributed by atoms with Gasteiger partial charge < -0.3 is 35.4 Å². The number of aliphatic imine (C=N–C) groups is 1. The van der Waals surface area contributed by atoms with Crippen molar-refractivity contribution in [3.8, 4) is 0 Å². The number of hydrogen-bond acceptors (Lipinski definition) is 6. The van der Waals surface area contributed by atoms with Gasteiger partial charge in [0.05, 0.1) is 26.4 Å². The molecule has 274 valence electrons. The summed E-state index contributed by atoms with van der Waals surface area (Å²) in [6.45, 7) is 39.9. The smallest absolute Gasteiger partial charge is 0.199 e. The molecule has 0 aromatic rings. The van der Waals surface area contributed by atoms with Crippen LogP contribution in [0.2, 0.25) is 0 Å². The van der Waals surface area contributed by atoms with E-state index in [0.29, 0.717) is 39.5 Å². The number of aliphatic hydroxyl groups is 1. The number of aliphatic hydroxyl groups excluding tert-OH is 1. The second-order valence-electron chi connectivity index (χ2n) is 18.4. The van der Waals surface area contributed by atoms with Crippen LogP contribution in [0.3, 0.4) is 0 Å². The predicted octanol–water partition coefficient (Wildman–Crippen LogP) is 7.38. The van der Waals surface area contributed by atoms with Crippen molar-refractivity contribution in [1.29, 1.82) is 0 Å². The molecule has 0 saturated carbocycles. The van der Waals surface area contributed by atoms with Crippen molar-refractivity contribution in [2.75, 3.05) is 72.8 Å². The van der Waals surface area contributed by atoms with Gasteiger partial charge >= 0.3 is 0 Å². The van der Waals surface area contributed by atoms with Crippen LogP contribution in [0.15, 0.2) is 16.9 Å². The highest BCUT2D eigenvalue weighted by molar-refractivity contribution is 5.81. The van der Waals surface area contributed by atoms with Gasteiger partial charge in [-0.25, -0.2) is 0 Å². The molecule has 0 saturated heterocycles. The molecule has 0 atom stereocenters. The van der Waals surface area contributed by atoms with E-state index in [-0.39, 0.29) is 39.1 Å². The summed E-state index contributed by atoms with van der Waals surface area (Å²) in [5, 5.41) is 14.1. The topological polar surface area (TPSA) is 95.6 Å². The van der Waals surface area contributed by atoms with Crippen LogP contribution in [0, 0.1) is 32.5 Å². The minimum atomic E-state index is -0.319. The zero-order valence-corrected chi connectivity index (χ0v) is 33.5. The third-order valence-corrected chi connectivity index (χ3v) is 8.83. The number of nitrogens with two attached hydrogens (primary N) is 1. The van der Waals surface area contributed by atoms with Gasteiger partial charge in [-0.3, -0.25) is 4.99 Å². The number of hydrogen-bond donors (Lipinski definition) is 3. The van der Waals surface area contributed by atoms with Crippen molar-refractivity contribution in [2.24, 2.45) is 43.2 Å². The van der Waals surface area contributed by atoms with Crippen LogP contribution < -0.4 is 11.1 Å². The number of nitrogens with one attached hydrogen (secondary N) is 1. The Morgan fingerprint density at radius 2 is 1.07 bits per heavy atom. The second-order valence-corrected chi connectivity index (χ2v) is 18.4. The molecule has 46 heavy (non-hydrogen) atoms. The summed E-state index contributed by atoms with van der Waals surface area (Å²) in [7, 11) is 1.85. The molecule has 0 radical (unpaired) electrons. The van der Waals surface area contributed by atoms with E-state index in [1.54, 1.807) is 0 Å². The number of ether oxygens (including phenoxy) is 2. The molecule has 0 unspecified atom stereocenters. The second kappa shape index (κ2) is 19.0. The van der Waals surface area contributed by atoms with Gasteiger partial charge in [0.2, 0.25) is 0 Å². The molecule has 0 aliphatic carbocycles. The average molecular weight is 654 g/mol. The molecule has 8 nitrogen and oxygen atoms in total. The van der Waals surface area contributed by atoms with E-state index < -0.39 is 0 Å². The van der Waals surface area contributed by atoms with Crippen LogP contribution in [0.25, 0.3) is 0 Å². The Labute approximate surface area is 286 Å². The quantitative estimate of drug-likeness (QED) is 0.0783. The molecule has 0 amide bonds. The van der Waals surface area contributed by atoms with E-state index in [0.717, 1.165) is 50.7 Å². The third kappa shape index (κ3) is 18.3. The molecular weight excluding hydrogens is 574 g/mol. The lowest BCUT2D eigenvalue weighted by molar-refractivity contribution is 0.000663. The minimum absolute atomic E-state index is 0.0627. The van der Waals surface area contributed by atoms with Crippen LogP contribution in [-0.2, 0) is 9.47 Å². The Bertz CT molecular complexity index is 921. The van der Waals surface area contributed by atoms with E-state index in [1.807, 2.05) is 7.05 Å². The fourth-order valence-electron chi connectivity index (χ4n) is 4.96. The monoisotopic (exact) mass is 654 g/mol. The summed E-state index contributed by atoms with van der Waals surface area (Å²) < 4.78 is 12.6. The average Bonchev–Trinajstić information content (AvgIpc) is 2.93. The summed E-state index contributed by atoms with van der Waals surface area (Å²) in [6.07, 6.45) is 5.34. The lowest BCUT2D eigenvalue weighted by Crippen LogP contribution is -2.53. The maximum absolute atomic E-state index is 10.3. The standard InChI is InChI=1S/C38H79N5O3/c1-17-20-31(42(22-33(4,5)18-2)24-37(12,13)29-45-27-34(6,7)19-3)41-32(40-16)43(23-36(10,11)26-44)25-38(14,15)30-46-28-35(8,9)21-39/h20,44H,17-19,21-30,39H2,1-16H3,(H,40,41)/b31-20-. The minimum Gasteiger partial charge on any atom is -0.396 e. The molecule has 0 rings (SSSR count). The fourth-order valence-corrected chi connectivity index (χ4v) is 4.96. The summed E-state index contributed by atoms with van der Waals surface area (Å²) in [6, 6.07) is 0. The molecule has 0 aromatic carbocycles. The van der Waals surface area contributed by atoms with Crippen molar-refractivity contribution in [1.82, 2.24) is 15.1 Å².